The maximum Gasteiger partial charge on any atom is 0.339 e. The second-order valence-corrected chi connectivity index (χ2v) is 5.23. The van der Waals surface area contributed by atoms with E-state index in [-0.39, 0.29) is 10.6 Å². The Bertz CT molecular complexity index is 669. The number of rotatable bonds is 3. The van der Waals surface area contributed by atoms with Crippen molar-refractivity contribution >= 4 is 21.5 Å². The van der Waals surface area contributed by atoms with E-state index in [4.69, 9.17) is 15.7 Å². The molecule has 0 spiro atoms. The zero-order valence-corrected chi connectivity index (χ0v) is 10.2. The van der Waals surface area contributed by atoms with Crippen molar-refractivity contribution in [2.45, 2.75) is 4.90 Å². The molecule has 0 saturated carbocycles. The average molecular weight is 264 g/mol. The molecule has 0 aliphatic carbocycles. The van der Waals surface area contributed by atoms with E-state index in [1.54, 1.807) is 24.3 Å². The third kappa shape index (κ3) is 2.72. The Morgan fingerprint density at radius 2 is 1.50 bits per heavy atom. The molecule has 4 N–H and O–H groups in total. The Balaban J connectivity index is 2.33. The second kappa shape index (κ2) is 4.58. The highest BCUT2D eigenvalue weighted by atomic mass is 32.2. The zero-order valence-electron chi connectivity index (χ0n) is 9.41. The molecule has 0 amide bonds. The van der Waals surface area contributed by atoms with E-state index in [0.717, 1.165) is 0 Å². The standard InChI is InChI=1S/C12H12N2O3S/c13-9-3-1-5-11(7-9)17-18(15,16)12-6-2-4-10(14)8-12/h1-8H,13-14H2. The molecule has 0 atom stereocenters. The van der Waals surface area contributed by atoms with Gasteiger partial charge in [-0.1, -0.05) is 12.1 Å². The number of benzene rings is 2. The SMILES string of the molecule is Nc1cccc(OS(=O)(=O)c2cccc(N)c2)c1. The van der Waals surface area contributed by atoms with Crippen LogP contribution in [0.25, 0.3) is 0 Å². The van der Waals surface area contributed by atoms with E-state index in [1.807, 2.05) is 0 Å². The molecule has 2 aromatic carbocycles. The molecule has 0 bridgehead atoms. The third-order valence-corrected chi connectivity index (χ3v) is 3.45. The van der Waals surface area contributed by atoms with Crippen molar-refractivity contribution in [2.24, 2.45) is 0 Å². The van der Waals surface area contributed by atoms with E-state index in [1.165, 1.54) is 24.3 Å². The Morgan fingerprint density at radius 1 is 0.889 bits per heavy atom. The van der Waals surface area contributed by atoms with Gasteiger partial charge in [-0.25, -0.2) is 0 Å². The number of anilines is 2. The van der Waals surface area contributed by atoms with Gasteiger partial charge in [-0.3, -0.25) is 0 Å². The van der Waals surface area contributed by atoms with Gasteiger partial charge in [-0.2, -0.15) is 8.42 Å². The molecule has 6 heteroatoms. The van der Waals surface area contributed by atoms with Crippen molar-refractivity contribution < 1.29 is 12.6 Å². The van der Waals surface area contributed by atoms with Crippen LogP contribution in [0.15, 0.2) is 53.4 Å². The Labute approximate surface area is 105 Å². The van der Waals surface area contributed by atoms with Crippen molar-refractivity contribution in [1.29, 1.82) is 0 Å². The summed E-state index contributed by atoms with van der Waals surface area (Å²) in [6.07, 6.45) is 0. The highest BCUT2D eigenvalue weighted by Gasteiger charge is 2.16. The van der Waals surface area contributed by atoms with E-state index < -0.39 is 10.1 Å². The van der Waals surface area contributed by atoms with Crippen LogP contribution in [0.3, 0.4) is 0 Å². The fraction of sp³-hybridized carbons (Fsp3) is 0. The predicted octanol–water partition coefficient (Wildman–Crippen LogP) is 1.62. The van der Waals surface area contributed by atoms with E-state index in [0.29, 0.717) is 11.4 Å². The van der Waals surface area contributed by atoms with Crippen LogP contribution in [-0.4, -0.2) is 8.42 Å². The molecule has 2 aromatic rings. The van der Waals surface area contributed by atoms with E-state index in [2.05, 4.69) is 0 Å². The molecular weight excluding hydrogens is 252 g/mol. The number of nitrogen functional groups attached to an aromatic ring is 2. The highest BCUT2D eigenvalue weighted by molar-refractivity contribution is 7.87. The van der Waals surface area contributed by atoms with Gasteiger partial charge in [0, 0.05) is 17.4 Å². The summed E-state index contributed by atoms with van der Waals surface area (Å²) in [4.78, 5) is 0.00456. The average Bonchev–Trinajstić information content (AvgIpc) is 2.28. The fourth-order valence-electron chi connectivity index (χ4n) is 1.41. The molecule has 0 aliphatic rings. The van der Waals surface area contributed by atoms with Gasteiger partial charge in [0.05, 0.1) is 0 Å². The first-order chi connectivity index (χ1) is 8.47. The van der Waals surface area contributed by atoms with Crippen LogP contribution in [0.2, 0.25) is 0 Å². The van der Waals surface area contributed by atoms with Crippen LogP contribution in [0.1, 0.15) is 0 Å². The summed E-state index contributed by atoms with van der Waals surface area (Å²) in [5.74, 6) is 0.164. The minimum atomic E-state index is -3.89. The number of nitrogens with two attached hydrogens (primary N) is 2. The summed E-state index contributed by atoms with van der Waals surface area (Å²) < 4.78 is 28.9. The molecule has 0 unspecified atom stereocenters. The monoisotopic (exact) mass is 264 g/mol. The molecule has 2 rings (SSSR count). The Hall–Kier alpha value is -2.21. The van der Waals surface area contributed by atoms with Crippen LogP contribution in [0.5, 0.6) is 5.75 Å². The normalized spacial score (nSPS) is 11.1. The summed E-state index contributed by atoms with van der Waals surface area (Å²) in [7, 11) is -3.89. The maximum absolute atomic E-state index is 11.9. The molecule has 94 valence electrons. The third-order valence-electron chi connectivity index (χ3n) is 2.21. The minimum absolute atomic E-state index is 0.00456. The van der Waals surface area contributed by atoms with Gasteiger partial charge in [-0.15, -0.1) is 0 Å². The molecule has 0 heterocycles. The molecule has 0 aliphatic heterocycles. The molecule has 0 saturated heterocycles. The Kier molecular flexibility index (Phi) is 3.12. The van der Waals surface area contributed by atoms with E-state index >= 15 is 0 Å². The van der Waals surface area contributed by atoms with Crippen LogP contribution < -0.4 is 15.7 Å². The first kappa shape index (κ1) is 12.3. The zero-order chi connectivity index (χ0) is 13.2. The lowest BCUT2D eigenvalue weighted by molar-refractivity contribution is 0.486. The van der Waals surface area contributed by atoms with Crippen molar-refractivity contribution in [2.75, 3.05) is 11.5 Å². The smallest absolute Gasteiger partial charge is 0.339 e. The summed E-state index contributed by atoms with van der Waals surface area (Å²) in [5, 5.41) is 0. The van der Waals surface area contributed by atoms with Gasteiger partial charge in [0.25, 0.3) is 0 Å². The molecule has 0 aromatic heterocycles. The molecular formula is C12H12N2O3S. The van der Waals surface area contributed by atoms with Gasteiger partial charge in [-0.05, 0) is 30.3 Å². The first-order valence-electron chi connectivity index (χ1n) is 5.13. The molecule has 18 heavy (non-hydrogen) atoms. The van der Waals surface area contributed by atoms with E-state index in [9.17, 15) is 8.42 Å². The lowest BCUT2D eigenvalue weighted by Gasteiger charge is -2.07. The summed E-state index contributed by atoms with van der Waals surface area (Å²) >= 11 is 0. The molecule has 5 nitrogen and oxygen atoms in total. The predicted molar refractivity (Wildman–Crippen MR) is 69.5 cm³/mol. The first-order valence-corrected chi connectivity index (χ1v) is 6.54. The van der Waals surface area contributed by atoms with Gasteiger partial charge < -0.3 is 15.7 Å². The Morgan fingerprint density at radius 3 is 2.11 bits per heavy atom. The minimum Gasteiger partial charge on any atom is -0.399 e. The van der Waals surface area contributed by atoms with Crippen LogP contribution >= 0.6 is 0 Å². The van der Waals surface area contributed by atoms with Crippen LogP contribution in [0.4, 0.5) is 11.4 Å². The molecule has 0 fully saturated rings. The lowest BCUT2D eigenvalue weighted by Crippen LogP contribution is -2.10. The largest absolute Gasteiger partial charge is 0.399 e. The molecule has 0 radical (unpaired) electrons. The van der Waals surface area contributed by atoms with Crippen molar-refractivity contribution in [3.63, 3.8) is 0 Å². The van der Waals surface area contributed by atoms with Crippen LogP contribution in [0, 0.1) is 0 Å². The van der Waals surface area contributed by atoms with Crippen molar-refractivity contribution in [3.8, 4) is 5.75 Å². The number of hydrogen-bond donors (Lipinski definition) is 2. The van der Waals surface area contributed by atoms with Crippen LogP contribution in [-0.2, 0) is 10.1 Å². The second-order valence-electron chi connectivity index (χ2n) is 3.68. The maximum atomic E-state index is 11.9. The fourth-order valence-corrected chi connectivity index (χ4v) is 2.39. The summed E-state index contributed by atoms with van der Waals surface area (Å²) in [5.41, 5.74) is 11.9. The lowest BCUT2D eigenvalue weighted by atomic mass is 10.3. The summed E-state index contributed by atoms with van der Waals surface area (Å²) in [6.45, 7) is 0. The summed E-state index contributed by atoms with van der Waals surface area (Å²) in [6, 6.07) is 12.1. The van der Waals surface area contributed by atoms with Crippen molar-refractivity contribution in [1.82, 2.24) is 0 Å². The number of hydrogen-bond acceptors (Lipinski definition) is 5. The quantitative estimate of drug-likeness (QED) is 0.648. The van der Waals surface area contributed by atoms with Crippen molar-refractivity contribution in [3.05, 3.63) is 48.5 Å². The van der Waals surface area contributed by atoms with Gasteiger partial charge in [0.1, 0.15) is 10.6 Å². The van der Waals surface area contributed by atoms with Gasteiger partial charge in [0.15, 0.2) is 0 Å². The van der Waals surface area contributed by atoms with Gasteiger partial charge >= 0.3 is 10.1 Å². The highest BCUT2D eigenvalue weighted by Crippen LogP contribution is 2.21. The topological polar surface area (TPSA) is 95.4 Å². The van der Waals surface area contributed by atoms with Gasteiger partial charge in [0.2, 0.25) is 0 Å².